The molecular formula is C14H16N4O. The zero-order valence-electron chi connectivity index (χ0n) is 10.8. The Bertz CT molecular complexity index is 583. The molecule has 0 unspecified atom stereocenters. The smallest absolute Gasteiger partial charge is 0.270 e. The number of anilines is 1. The van der Waals surface area contributed by atoms with Gasteiger partial charge in [-0.2, -0.15) is 0 Å². The molecule has 0 fully saturated rings. The average Bonchev–Trinajstić information content (AvgIpc) is 2.45. The van der Waals surface area contributed by atoms with E-state index in [4.69, 9.17) is 5.73 Å². The number of nitrogens with zero attached hydrogens (tertiary/aromatic N) is 2. The van der Waals surface area contributed by atoms with Crippen molar-refractivity contribution in [1.29, 1.82) is 0 Å². The summed E-state index contributed by atoms with van der Waals surface area (Å²) in [4.78, 5) is 20.2. The Morgan fingerprint density at radius 1 is 1.32 bits per heavy atom. The van der Waals surface area contributed by atoms with Gasteiger partial charge in [0.05, 0.1) is 12.2 Å². The molecule has 0 saturated carbocycles. The number of hydrogen-bond acceptors (Lipinski definition) is 4. The summed E-state index contributed by atoms with van der Waals surface area (Å²) in [5.41, 5.74) is 7.86. The summed E-state index contributed by atoms with van der Waals surface area (Å²) in [6.07, 6.45) is 2.61. The summed E-state index contributed by atoms with van der Waals surface area (Å²) in [6, 6.07) is 8.88. The first-order chi connectivity index (χ1) is 9.20. The van der Waals surface area contributed by atoms with Crippen molar-refractivity contribution in [3.05, 3.63) is 53.5 Å². The third-order valence-corrected chi connectivity index (χ3v) is 2.79. The predicted molar refractivity (Wildman–Crippen MR) is 73.4 cm³/mol. The standard InChI is InChI=1S/C14H16N4O/c1-2-10-5-4-8-16-12(10)9-17-14(19)11-6-3-7-13(15)18-11/h3-8H,2,9H2,1H3,(H2,15,18)(H,17,19). The molecule has 1 amide bonds. The van der Waals surface area contributed by atoms with E-state index in [-0.39, 0.29) is 5.91 Å². The van der Waals surface area contributed by atoms with Crippen LogP contribution in [0.1, 0.15) is 28.7 Å². The Balaban J connectivity index is 2.04. The zero-order chi connectivity index (χ0) is 13.7. The normalized spacial score (nSPS) is 10.2. The lowest BCUT2D eigenvalue weighted by Gasteiger charge is -2.08. The Hall–Kier alpha value is -2.43. The maximum atomic E-state index is 11.9. The molecule has 2 aromatic heterocycles. The van der Waals surface area contributed by atoms with E-state index in [9.17, 15) is 4.79 Å². The van der Waals surface area contributed by atoms with Gasteiger partial charge in [0, 0.05) is 6.20 Å². The summed E-state index contributed by atoms with van der Waals surface area (Å²) in [7, 11) is 0. The first-order valence-electron chi connectivity index (χ1n) is 6.14. The number of pyridine rings is 2. The van der Waals surface area contributed by atoms with Crippen LogP contribution in [0.5, 0.6) is 0 Å². The highest BCUT2D eigenvalue weighted by atomic mass is 16.1. The first kappa shape index (κ1) is 13.0. The van der Waals surface area contributed by atoms with Crippen molar-refractivity contribution in [3.63, 3.8) is 0 Å². The van der Waals surface area contributed by atoms with Gasteiger partial charge in [-0.1, -0.05) is 19.1 Å². The zero-order valence-corrected chi connectivity index (χ0v) is 10.8. The molecule has 0 spiro atoms. The Labute approximate surface area is 111 Å². The molecule has 0 aliphatic rings. The minimum atomic E-state index is -0.250. The maximum Gasteiger partial charge on any atom is 0.270 e. The van der Waals surface area contributed by atoms with Gasteiger partial charge in [0.1, 0.15) is 11.5 Å². The van der Waals surface area contributed by atoms with Crippen LogP contribution in [0.2, 0.25) is 0 Å². The van der Waals surface area contributed by atoms with Crippen LogP contribution >= 0.6 is 0 Å². The van der Waals surface area contributed by atoms with Crippen LogP contribution in [0.25, 0.3) is 0 Å². The van der Waals surface area contributed by atoms with Crippen LogP contribution in [0, 0.1) is 0 Å². The number of aromatic nitrogens is 2. The van der Waals surface area contributed by atoms with Gasteiger partial charge in [0.15, 0.2) is 0 Å². The molecule has 0 saturated heterocycles. The lowest BCUT2D eigenvalue weighted by atomic mass is 10.1. The summed E-state index contributed by atoms with van der Waals surface area (Å²) >= 11 is 0. The van der Waals surface area contributed by atoms with Crippen LogP contribution < -0.4 is 11.1 Å². The van der Waals surface area contributed by atoms with Crippen molar-refractivity contribution in [3.8, 4) is 0 Å². The quantitative estimate of drug-likeness (QED) is 0.869. The summed E-state index contributed by atoms with van der Waals surface area (Å²) < 4.78 is 0. The topological polar surface area (TPSA) is 80.9 Å². The van der Waals surface area contributed by atoms with E-state index >= 15 is 0 Å². The molecule has 5 nitrogen and oxygen atoms in total. The lowest BCUT2D eigenvalue weighted by Crippen LogP contribution is -2.25. The third-order valence-electron chi connectivity index (χ3n) is 2.79. The largest absolute Gasteiger partial charge is 0.384 e. The number of nitrogens with two attached hydrogens (primary N) is 1. The summed E-state index contributed by atoms with van der Waals surface area (Å²) in [5.74, 6) is 0.0831. The number of hydrogen-bond donors (Lipinski definition) is 2. The molecule has 0 aliphatic carbocycles. The molecule has 0 aliphatic heterocycles. The van der Waals surface area contributed by atoms with E-state index in [1.807, 2.05) is 12.1 Å². The molecule has 2 aromatic rings. The van der Waals surface area contributed by atoms with Gasteiger partial charge in [-0.25, -0.2) is 4.98 Å². The van der Waals surface area contributed by atoms with Gasteiger partial charge >= 0.3 is 0 Å². The van der Waals surface area contributed by atoms with Crippen molar-refractivity contribution in [2.24, 2.45) is 0 Å². The van der Waals surface area contributed by atoms with E-state index in [2.05, 4.69) is 22.2 Å². The van der Waals surface area contributed by atoms with Crippen LogP contribution in [0.3, 0.4) is 0 Å². The number of carbonyl (C=O) groups excluding carboxylic acids is 1. The highest BCUT2D eigenvalue weighted by Crippen LogP contribution is 2.06. The number of aryl methyl sites for hydroxylation is 1. The third kappa shape index (κ3) is 3.28. The summed E-state index contributed by atoms with van der Waals surface area (Å²) in [5, 5.41) is 2.80. The van der Waals surface area contributed by atoms with E-state index in [0.717, 1.165) is 17.7 Å². The minimum absolute atomic E-state index is 0.250. The van der Waals surface area contributed by atoms with Gasteiger partial charge < -0.3 is 11.1 Å². The fourth-order valence-corrected chi connectivity index (χ4v) is 1.78. The van der Waals surface area contributed by atoms with Gasteiger partial charge in [0.25, 0.3) is 5.91 Å². The minimum Gasteiger partial charge on any atom is -0.384 e. The van der Waals surface area contributed by atoms with Crippen molar-refractivity contribution < 1.29 is 4.79 Å². The van der Waals surface area contributed by atoms with Crippen molar-refractivity contribution in [1.82, 2.24) is 15.3 Å². The Kier molecular flexibility index (Phi) is 4.07. The van der Waals surface area contributed by atoms with Crippen molar-refractivity contribution in [2.45, 2.75) is 19.9 Å². The summed E-state index contributed by atoms with van der Waals surface area (Å²) in [6.45, 7) is 2.45. The number of nitrogen functional groups attached to an aromatic ring is 1. The van der Waals surface area contributed by atoms with E-state index < -0.39 is 0 Å². The Morgan fingerprint density at radius 2 is 2.16 bits per heavy atom. The van der Waals surface area contributed by atoms with Crippen LogP contribution in [0.15, 0.2) is 36.5 Å². The molecule has 0 atom stereocenters. The molecular weight excluding hydrogens is 240 g/mol. The number of carbonyl (C=O) groups is 1. The van der Waals surface area contributed by atoms with Crippen molar-refractivity contribution >= 4 is 11.7 Å². The molecule has 2 rings (SSSR count). The van der Waals surface area contributed by atoms with Gasteiger partial charge in [-0.3, -0.25) is 9.78 Å². The first-order valence-corrected chi connectivity index (χ1v) is 6.14. The maximum absolute atomic E-state index is 11.9. The second-order valence-electron chi connectivity index (χ2n) is 4.09. The molecule has 3 N–H and O–H groups in total. The lowest BCUT2D eigenvalue weighted by molar-refractivity contribution is 0.0945. The number of nitrogens with one attached hydrogen (secondary N) is 1. The second kappa shape index (κ2) is 5.95. The van der Waals surface area contributed by atoms with Crippen molar-refractivity contribution in [2.75, 3.05) is 5.73 Å². The predicted octanol–water partition coefficient (Wildman–Crippen LogP) is 1.55. The van der Waals surface area contributed by atoms with Crippen LogP contribution in [-0.2, 0) is 13.0 Å². The average molecular weight is 256 g/mol. The SMILES string of the molecule is CCc1cccnc1CNC(=O)c1cccc(N)n1. The second-order valence-corrected chi connectivity index (χ2v) is 4.09. The molecule has 98 valence electrons. The molecule has 0 radical (unpaired) electrons. The highest BCUT2D eigenvalue weighted by molar-refractivity contribution is 5.92. The molecule has 0 bridgehead atoms. The van der Waals surface area contributed by atoms with Crippen LogP contribution in [-0.4, -0.2) is 15.9 Å². The fraction of sp³-hybridized carbons (Fsp3) is 0.214. The van der Waals surface area contributed by atoms with E-state index in [1.165, 1.54) is 0 Å². The molecule has 0 aromatic carbocycles. The van der Waals surface area contributed by atoms with Gasteiger partial charge in [-0.05, 0) is 30.2 Å². The highest BCUT2D eigenvalue weighted by Gasteiger charge is 2.08. The number of amides is 1. The number of rotatable bonds is 4. The molecule has 19 heavy (non-hydrogen) atoms. The van der Waals surface area contributed by atoms with E-state index in [1.54, 1.807) is 24.4 Å². The fourth-order valence-electron chi connectivity index (χ4n) is 1.78. The van der Waals surface area contributed by atoms with Gasteiger partial charge in [-0.15, -0.1) is 0 Å². The van der Waals surface area contributed by atoms with Crippen LogP contribution in [0.4, 0.5) is 5.82 Å². The van der Waals surface area contributed by atoms with E-state index in [0.29, 0.717) is 18.1 Å². The molecule has 2 heterocycles. The molecule has 5 heteroatoms. The monoisotopic (exact) mass is 256 g/mol. The Morgan fingerprint density at radius 3 is 2.89 bits per heavy atom. The van der Waals surface area contributed by atoms with Gasteiger partial charge in [0.2, 0.25) is 0 Å².